The topological polar surface area (TPSA) is 57.5 Å². The molecule has 0 unspecified atom stereocenters. The summed E-state index contributed by atoms with van der Waals surface area (Å²) in [6.07, 6.45) is 5.53. The first-order chi connectivity index (χ1) is 13.5. The van der Waals surface area contributed by atoms with Gasteiger partial charge in [-0.25, -0.2) is 0 Å². The summed E-state index contributed by atoms with van der Waals surface area (Å²) >= 11 is 0. The number of esters is 1. The van der Waals surface area contributed by atoms with Crippen LogP contribution in [-0.4, -0.2) is 16.3 Å². The molecule has 2 aliphatic rings. The maximum atomic E-state index is 12.9. The number of hydrogen-bond donors (Lipinski definition) is 0. The number of fused-ring (bicyclic) bond motifs is 2. The summed E-state index contributed by atoms with van der Waals surface area (Å²) in [5.74, 6) is 0.788. The van der Waals surface area contributed by atoms with Crippen LogP contribution in [0, 0.1) is 12.8 Å². The first kappa shape index (κ1) is 16.8. The smallest absolute Gasteiger partial charge is 0.314 e. The van der Waals surface area contributed by atoms with E-state index < -0.39 is 0 Å². The maximum Gasteiger partial charge on any atom is 0.314 e. The molecule has 1 aliphatic heterocycles. The van der Waals surface area contributed by atoms with Crippen LogP contribution in [0.4, 0.5) is 0 Å². The third kappa shape index (κ3) is 2.71. The molecule has 1 aromatic heterocycles. The molecule has 5 nitrogen and oxygen atoms in total. The van der Waals surface area contributed by atoms with E-state index in [1.807, 2.05) is 49.0 Å². The Hall–Kier alpha value is -3.34. The number of rotatable bonds is 3. The molecular formula is C23H19NO4. The Morgan fingerprint density at radius 2 is 2.04 bits per heavy atom. The number of allylic oxidation sites excluding steroid dienone is 1. The Morgan fingerprint density at radius 3 is 2.82 bits per heavy atom. The van der Waals surface area contributed by atoms with Crippen LogP contribution in [0.1, 0.15) is 34.3 Å². The van der Waals surface area contributed by atoms with Gasteiger partial charge in [0.25, 0.3) is 0 Å². The average molecular weight is 373 g/mol. The predicted molar refractivity (Wildman–Crippen MR) is 105 cm³/mol. The van der Waals surface area contributed by atoms with Crippen LogP contribution >= 0.6 is 0 Å². The van der Waals surface area contributed by atoms with Crippen molar-refractivity contribution in [2.75, 3.05) is 0 Å². The summed E-state index contributed by atoms with van der Waals surface area (Å²) in [5, 5.41) is 1.06. The van der Waals surface area contributed by atoms with E-state index in [0.717, 1.165) is 34.9 Å². The number of carbonyl (C=O) groups is 2. The quantitative estimate of drug-likeness (QED) is 0.387. The molecule has 140 valence electrons. The molecule has 1 fully saturated rings. The van der Waals surface area contributed by atoms with Crippen molar-refractivity contribution in [2.24, 2.45) is 13.0 Å². The first-order valence-electron chi connectivity index (χ1n) is 9.36. The molecule has 0 atom stereocenters. The molecule has 0 radical (unpaired) electrons. The summed E-state index contributed by atoms with van der Waals surface area (Å²) in [7, 11) is 1.97. The van der Waals surface area contributed by atoms with Crippen LogP contribution < -0.4 is 9.47 Å². The minimum Gasteiger partial charge on any atom is -0.452 e. The normalized spacial score (nSPS) is 17.1. The molecule has 0 bridgehead atoms. The van der Waals surface area contributed by atoms with Crippen molar-refractivity contribution in [3.05, 3.63) is 65.0 Å². The molecule has 0 saturated heterocycles. The van der Waals surface area contributed by atoms with Crippen molar-refractivity contribution in [1.29, 1.82) is 0 Å². The second-order valence-corrected chi connectivity index (χ2v) is 7.46. The molecular weight excluding hydrogens is 354 g/mol. The zero-order chi connectivity index (χ0) is 19.4. The van der Waals surface area contributed by atoms with E-state index in [4.69, 9.17) is 9.47 Å². The van der Waals surface area contributed by atoms with Gasteiger partial charge in [-0.05, 0) is 43.5 Å². The number of ketones is 1. The van der Waals surface area contributed by atoms with Crippen molar-refractivity contribution in [3.8, 4) is 11.5 Å². The first-order valence-corrected chi connectivity index (χ1v) is 9.36. The molecule has 5 rings (SSSR count). The number of para-hydroxylation sites is 1. The number of Topliss-reactive ketones (excluding diaryl/α,β-unsaturated/α-hetero) is 1. The van der Waals surface area contributed by atoms with Gasteiger partial charge in [0.2, 0.25) is 5.78 Å². The van der Waals surface area contributed by atoms with Crippen LogP contribution in [0.3, 0.4) is 0 Å². The minimum atomic E-state index is -0.213. The molecule has 1 saturated carbocycles. The van der Waals surface area contributed by atoms with Crippen LogP contribution in [-0.2, 0) is 11.8 Å². The number of nitrogens with zero attached hydrogens (tertiary/aromatic N) is 1. The predicted octanol–water partition coefficient (Wildman–Crippen LogP) is 4.42. The SMILES string of the molecule is Cc1cc(OC(=O)C2CC2)cc2c1C(=O)/C(=C/c1cn(C)c3ccccc13)O2. The number of aromatic nitrogens is 1. The van der Waals surface area contributed by atoms with Gasteiger partial charge in [-0.1, -0.05) is 18.2 Å². The Balaban J connectivity index is 1.50. The van der Waals surface area contributed by atoms with Gasteiger partial charge in [-0.2, -0.15) is 0 Å². The van der Waals surface area contributed by atoms with Gasteiger partial charge in [0.15, 0.2) is 5.76 Å². The molecule has 0 N–H and O–H groups in total. The summed E-state index contributed by atoms with van der Waals surface area (Å²) in [6.45, 7) is 1.83. The number of ether oxygens (including phenoxy) is 2. The fraction of sp³-hybridized carbons (Fsp3) is 0.217. The highest BCUT2D eigenvalue weighted by molar-refractivity contribution is 6.16. The zero-order valence-corrected chi connectivity index (χ0v) is 15.7. The Morgan fingerprint density at radius 1 is 1.25 bits per heavy atom. The Bertz CT molecular complexity index is 1180. The summed E-state index contributed by atoms with van der Waals surface area (Å²) < 4.78 is 13.3. The van der Waals surface area contributed by atoms with E-state index in [1.165, 1.54) is 0 Å². The molecule has 0 spiro atoms. The van der Waals surface area contributed by atoms with Crippen molar-refractivity contribution in [3.63, 3.8) is 0 Å². The van der Waals surface area contributed by atoms with Crippen LogP contribution in [0.25, 0.3) is 17.0 Å². The lowest BCUT2D eigenvalue weighted by Crippen LogP contribution is -2.10. The Labute approximate surface area is 162 Å². The van der Waals surface area contributed by atoms with Gasteiger partial charge < -0.3 is 14.0 Å². The van der Waals surface area contributed by atoms with Crippen LogP contribution in [0.15, 0.2) is 48.4 Å². The van der Waals surface area contributed by atoms with E-state index in [2.05, 4.69) is 0 Å². The van der Waals surface area contributed by atoms with Crippen molar-refractivity contribution in [1.82, 2.24) is 4.57 Å². The third-order valence-electron chi connectivity index (χ3n) is 5.29. The molecule has 1 aliphatic carbocycles. The van der Waals surface area contributed by atoms with Crippen molar-refractivity contribution < 1.29 is 19.1 Å². The number of benzene rings is 2. The summed E-state index contributed by atoms with van der Waals surface area (Å²) in [4.78, 5) is 24.8. The third-order valence-corrected chi connectivity index (χ3v) is 5.29. The van der Waals surface area contributed by atoms with Gasteiger partial charge in [-0.15, -0.1) is 0 Å². The van der Waals surface area contributed by atoms with Gasteiger partial charge in [-0.3, -0.25) is 9.59 Å². The monoisotopic (exact) mass is 373 g/mol. The number of aryl methyl sites for hydroxylation is 2. The zero-order valence-electron chi connectivity index (χ0n) is 15.7. The standard InChI is InChI=1S/C23H19NO4/c1-13-9-16(27-23(26)14-7-8-14)11-19-21(13)22(25)20(28-19)10-15-12-24(2)18-6-4-3-5-17(15)18/h3-6,9-12,14H,7-8H2,1-2H3/b20-10-. The van der Waals surface area contributed by atoms with Gasteiger partial charge in [0, 0.05) is 35.8 Å². The summed E-state index contributed by atoms with van der Waals surface area (Å²) in [5.41, 5.74) is 3.27. The van der Waals surface area contributed by atoms with E-state index >= 15 is 0 Å². The van der Waals surface area contributed by atoms with E-state index in [-0.39, 0.29) is 23.4 Å². The fourth-order valence-electron chi connectivity index (χ4n) is 3.68. The second kappa shape index (κ2) is 6.09. The molecule has 0 amide bonds. The van der Waals surface area contributed by atoms with E-state index in [9.17, 15) is 9.59 Å². The van der Waals surface area contributed by atoms with Crippen molar-refractivity contribution >= 4 is 28.7 Å². The van der Waals surface area contributed by atoms with Crippen LogP contribution in [0.2, 0.25) is 0 Å². The van der Waals surface area contributed by atoms with Crippen LogP contribution in [0.5, 0.6) is 11.5 Å². The maximum absolute atomic E-state index is 12.9. The summed E-state index contributed by atoms with van der Waals surface area (Å²) in [6, 6.07) is 11.4. The number of carbonyl (C=O) groups excluding carboxylic acids is 2. The molecule has 2 heterocycles. The van der Waals surface area contributed by atoms with E-state index in [0.29, 0.717) is 17.1 Å². The lowest BCUT2D eigenvalue weighted by molar-refractivity contribution is -0.135. The largest absolute Gasteiger partial charge is 0.452 e. The van der Waals surface area contributed by atoms with Gasteiger partial charge in [0.05, 0.1) is 11.5 Å². The minimum absolute atomic E-state index is 0.0120. The second-order valence-electron chi connectivity index (χ2n) is 7.46. The lowest BCUT2D eigenvalue weighted by Gasteiger charge is -2.07. The molecule has 28 heavy (non-hydrogen) atoms. The molecule has 3 aromatic rings. The highest BCUT2D eigenvalue weighted by Crippen LogP contribution is 2.39. The average Bonchev–Trinajstić information content (AvgIpc) is 3.41. The lowest BCUT2D eigenvalue weighted by atomic mass is 10.0. The Kier molecular flexibility index (Phi) is 3.66. The van der Waals surface area contributed by atoms with Gasteiger partial charge in [0.1, 0.15) is 11.5 Å². The van der Waals surface area contributed by atoms with E-state index in [1.54, 1.807) is 18.2 Å². The van der Waals surface area contributed by atoms with Crippen molar-refractivity contribution in [2.45, 2.75) is 19.8 Å². The molecule has 2 aromatic carbocycles. The highest BCUT2D eigenvalue weighted by Gasteiger charge is 2.33. The van der Waals surface area contributed by atoms with Gasteiger partial charge >= 0.3 is 5.97 Å². The number of hydrogen-bond acceptors (Lipinski definition) is 4. The highest BCUT2D eigenvalue weighted by atomic mass is 16.5. The molecule has 5 heteroatoms. The fourth-order valence-corrected chi connectivity index (χ4v) is 3.68.